The van der Waals surface area contributed by atoms with Gasteiger partial charge in [0.2, 0.25) is 0 Å². The number of hydrogen-bond acceptors (Lipinski definition) is 8. The van der Waals surface area contributed by atoms with Crippen LogP contribution in [0.4, 0.5) is 5.69 Å². The van der Waals surface area contributed by atoms with Crippen molar-refractivity contribution in [2.75, 3.05) is 18.4 Å². The normalized spacial score (nSPS) is 17.7. The Balaban J connectivity index is 0.000000177. The lowest BCUT2D eigenvalue weighted by Gasteiger charge is -2.07. The van der Waals surface area contributed by atoms with Crippen molar-refractivity contribution in [3.8, 4) is 0 Å². The molecule has 0 spiro atoms. The van der Waals surface area contributed by atoms with Gasteiger partial charge in [0.1, 0.15) is 12.1 Å². The third-order valence-electron chi connectivity index (χ3n) is 4.24. The van der Waals surface area contributed by atoms with Crippen LogP contribution < -0.4 is 15.7 Å². The molecule has 2 aliphatic heterocycles. The maximum absolute atomic E-state index is 10.1. The number of carbonyl (C=O) groups excluding carboxylic acids is 1. The molecule has 0 unspecified atom stereocenters. The molecule has 0 bridgehead atoms. The monoisotopic (exact) mass is 495 g/mol. The summed E-state index contributed by atoms with van der Waals surface area (Å²) in [7, 11) is 3.60. The predicted octanol–water partition coefficient (Wildman–Crippen LogP) is 2.31. The number of rotatable bonds is 6. The lowest BCUT2D eigenvalue weighted by atomic mass is 10.1. The van der Waals surface area contributed by atoms with Crippen molar-refractivity contribution in [2.45, 2.75) is 30.9 Å². The van der Waals surface area contributed by atoms with Crippen LogP contribution in [0.2, 0.25) is 0 Å². The minimum Gasteiger partial charge on any atom is -0.550 e. The fourth-order valence-corrected chi connectivity index (χ4v) is 5.59. The standard InChI is InChI=1S/C11H10BrN5.C8H12O2S2/c12-9-7(17-11-15-5-6-16-11)1-2-8-10(9)14-4-3-13-8;9-8(10)4-2-1-3-7-5-6-11-12-7/h1-4H,5-6H2,(H2,15,16,17);5-7H,1-4H2,(H,9,10)/t;7-/m.1/s1. The Bertz CT molecular complexity index is 909. The highest BCUT2D eigenvalue weighted by Crippen LogP contribution is 2.37. The van der Waals surface area contributed by atoms with Gasteiger partial charge in [-0.25, -0.2) is 4.99 Å². The summed E-state index contributed by atoms with van der Waals surface area (Å²) in [6, 6.07) is 3.93. The van der Waals surface area contributed by atoms with Crippen LogP contribution in [0, 0.1) is 0 Å². The van der Waals surface area contributed by atoms with E-state index in [0.29, 0.717) is 5.25 Å². The molecule has 0 fully saturated rings. The average Bonchev–Trinajstić information content (AvgIpc) is 3.42. The number of unbranched alkanes of at least 4 members (excludes halogenated alkanes) is 1. The Labute approximate surface area is 185 Å². The number of nitrogens with zero attached hydrogens (tertiary/aromatic N) is 3. The number of halogens is 1. The van der Waals surface area contributed by atoms with E-state index in [1.54, 1.807) is 23.2 Å². The molecule has 3 heterocycles. The van der Waals surface area contributed by atoms with Crippen molar-refractivity contribution in [3.63, 3.8) is 0 Å². The number of anilines is 1. The summed E-state index contributed by atoms with van der Waals surface area (Å²) < 4.78 is 0.922. The number of aliphatic imine (C=N–C) groups is 1. The lowest BCUT2D eigenvalue weighted by Crippen LogP contribution is -2.87. The highest BCUT2D eigenvalue weighted by molar-refractivity contribution is 9.10. The minimum atomic E-state index is -0.931. The highest BCUT2D eigenvalue weighted by atomic mass is 79.9. The second kappa shape index (κ2) is 11.5. The topological polar surface area (TPSA) is 107 Å². The van der Waals surface area contributed by atoms with E-state index in [-0.39, 0.29) is 6.42 Å². The Hall–Kier alpha value is -1.62. The van der Waals surface area contributed by atoms with Crippen molar-refractivity contribution in [3.05, 3.63) is 40.5 Å². The van der Waals surface area contributed by atoms with Crippen LogP contribution in [-0.4, -0.2) is 40.2 Å². The largest absolute Gasteiger partial charge is 0.550 e. The van der Waals surface area contributed by atoms with Gasteiger partial charge < -0.3 is 9.90 Å². The predicted molar refractivity (Wildman–Crippen MR) is 122 cm³/mol. The number of guanidine groups is 1. The van der Waals surface area contributed by atoms with Crippen LogP contribution >= 0.6 is 37.5 Å². The molecule has 154 valence electrons. The molecule has 1 atom stereocenters. The summed E-state index contributed by atoms with van der Waals surface area (Å²) in [6.45, 7) is 1.88. The van der Waals surface area contributed by atoms with Gasteiger partial charge in [-0.1, -0.05) is 34.1 Å². The molecule has 29 heavy (non-hydrogen) atoms. The van der Waals surface area contributed by atoms with E-state index in [0.717, 1.165) is 59.5 Å². The first-order chi connectivity index (χ1) is 14.1. The number of benzene rings is 1. The van der Waals surface area contributed by atoms with Gasteiger partial charge in [-0.3, -0.25) is 20.6 Å². The summed E-state index contributed by atoms with van der Waals surface area (Å²) in [4.78, 5) is 23.0. The van der Waals surface area contributed by atoms with E-state index in [2.05, 4.69) is 53.0 Å². The Morgan fingerprint density at radius 3 is 2.90 bits per heavy atom. The molecule has 0 radical (unpaired) electrons. The average molecular weight is 496 g/mol. The molecule has 0 saturated heterocycles. The number of aromatic nitrogens is 2. The number of nitrogens with two attached hydrogens (primary N) is 1. The van der Waals surface area contributed by atoms with Crippen molar-refractivity contribution >= 4 is 66.2 Å². The SMILES string of the molecule is Brc1c(NC2=NCC[NH2+]2)ccc2nccnc12.O=C([O-])CCCC[C@@H]1C=CSS1. The van der Waals surface area contributed by atoms with E-state index in [1.807, 2.05) is 22.9 Å². The second-order valence-corrected chi connectivity index (χ2v) is 9.62. The Kier molecular flexibility index (Phi) is 8.78. The first kappa shape index (κ1) is 22.1. The number of fused-ring (bicyclic) bond motifs is 1. The molecule has 10 heteroatoms. The van der Waals surface area contributed by atoms with Crippen molar-refractivity contribution in [1.29, 1.82) is 0 Å². The number of hydrogen-bond donors (Lipinski definition) is 2. The van der Waals surface area contributed by atoms with Crippen molar-refractivity contribution < 1.29 is 15.2 Å². The van der Waals surface area contributed by atoms with E-state index >= 15 is 0 Å². The first-order valence-electron chi connectivity index (χ1n) is 9.36. The second-order valence-electron chi connectivity index (χ2n) is 6.41. The number of carboxylic acid groups (broad SMARTS) is 1. The highest BCUT2D eigenvalue weighted by Gasteiger charge is 2.13. The molecule has 3 N–H and O–H groups in total. The fourth-order valence-electron chi connectivity index (χ4n) is 2.79. The van der Waals surface area contributed by atoms with Crippen molar-refractivity contribution in [2.24, 2.45) is 4.99 Å². The molecule has 1 aromatic heterocycles. The molecular weight excluding hydrogens is 474 g/mol. The number of aliphatic carboxylic acids is 1. The molecule has 0 amide bonds. The van der Waals surface area contributed by atoms with E-state index in [1.165, 1.54) is 0 Å². The molecule has 1 aromatic carbocycles. The van der Waals surface area contributed by atoms with Gasteiger partial charge in [-0.15, -0.1) is 0 Å². The van der Waals surface area contributed by atoms with Crippen LogP contribution in [0.25, 0.3) is 11.0 Å². The Morgan fingerprint density at radius 1 is 1.31 bits per heavy atom. The maximum atomic E-state index is 10.1. The maximum Gasteiger partial charge on any atom is 0.299 e. The summed E-state index contributed by atoms with van der Waals surface area (Å²) in [5.74, 6) is -0.00654. The van der Waals surface area contributed by atoms with Crippen LogP contribution in [0.5, 0.6) is 0 Å². The zero-order valence-electron chi connectivity index (χ0n) is 15.7. The van der Waals surface area contributed by atoms with Gasteiger partial charge in [-0.05, 0) is 52.7 Å². The van der Waals surface area contributed by atoms with E-state index < -0.39 is 5.97 Å². The molecule has 0 aliphatic carbocycles. The van der Waals surface area contributed by atoms with E-state index in [9.17, 15) is 9.90 Å². The quantitative estimate of drug-likeness (QED) is 0.467. The minimum absolute atomic E-state index is 0.203. The van der Waals surface area contributed by atoms with Gasteiger partial charge in [0.15, 0.2) is 0 Å². The first-order valence-corrected chi connectivity index (χ1v) is 12.4. The van der Waals surface area contributed by atoms with Crippen LogP contribution in [0.15, 0.2) is 45.5 Å². The van der Waals surface area contributed by atoms with Crippen molar-refractivity contribution in [1.82, 2.24) is 9.97 Å². The van der Waals surface area contributed by atoms with Crippen LogP contribution in [0.3, 0.4) is 0 Å². The van der Waals surface area contributed by atoms with Crippen LogP contribution in [0.1, 0.15) is 25.7 Å². The van der Waals surface area contributed by atoms with Gasteiger partial charge in [0.05, 0.1) is 22.2 Å². The smallest absolute Gasteiger partial charge is 0.299 e. The van der Waals surface area contributed by atoms with Gasteiger partial charge in [0, 0.05) is 23.6 Å². The Morgan fingerprint density at radius 2 is 2.17 bits per heavy atom. The zero-order valence-corrected chi connectivity index (χ0v) is 18.9. The molecule has 7 nitrogen and oxygen atoms in total. The summed E-state index contributed by atoms with van der Waals surface area (Å²) in [6.07, 6.45) is 8.57. The number of quaternary nitrogens is 1. The third kappa shape index (κ3) is 6.98. The summed E-state index contributed by atoms with van der Waals surface area (Å²) >= 11 is 3.56. The zero-order chi connectivity index (χ0) is 20.5. The van der Waals surface area contributed by atoms with Crippen LogP contribution in [-0.2, 0) is 4.79 Å². The third-order valence-corrected chi connectivity index (χ3v) is 7.47. The molecule has 4 rings (SSSR count). The van der Waals surface area contributed by atoms with Gasteiger partial charge in [0.25, 0.3) is 5.96 Å². The molecule has 2 aromatic rings. The van der Waals surface area contributed by atoms with Gasteiger partial charge >= 0.3 is 0 Å². The fraction of sp³-hybridized carbons (Fsp3) is 0.368. The molecule has 2 aliphatic rings. The number of nitrogens with one attached hydrogen (secondary N) is 1. The molecule has 0 saturated carbocycles. The summed E-state index contributed by atoms with van der Waals surface area (Å²) in [5, 5.41) is 18.1. The number of carboxylic acids is 1. The summed E-state index contributed by atoms with van der Waals surface area (Å²) in [5.41, 5.74) is 2.70. The van der Waals surface area contributed by atoms with Gasteiger partial charge in [-0.2, -0.15) is 0 Å². The lowest BCUT2D eigenvalue weighted by molar-refractivity contribution is -0.527. The number of carbonyl (C=O) groups is 1. The van der Waals surface area contributed by atoms with E-state index in [4.69, 9.17) is 0 Å². The molecular formula is C19H22BrN5O2S2.